The summed E-state index contributed by atoms with van der Waals surface area (Å²) in [5.41, 5.74) is 0.656. The molecule has 0 saturated heterocycles. The van der Waals surface area contributed by atoms with Crippen LogP contribution in [0, 0.1) is 0 Å². The molecule has 0 aromatic carbocycles. The molecule has 1 N–H and O–H groups in total. The summed E-state index contributed by atoms with van der Waals surface area (Å²) < 4.78 is 1.59. The molecule has 0 saturated carbocycles. The number of aryl methyl sites for hydroxylation is 1. The highest BCUT2D eigenvalue weighted by atomic mass is 16.1. The van der Waals surface area contributed by atoms with Crippen LogP contribution in [-0.2, 0) is 7.05 Å². The van der Waals surface area contributed by atoms with Gasteiger partial charge in [0.25, 0.3) is 0 Å². The topological polar surface area (TPSA) is 46.9 Å². The zero-order valence-corrected chi connectivity index (χ0v) is 8.08. The third kappa shape index (κ3) is 2.66. The lowest BCUT2D eigenvalue weighted by molar-refractivity contribution is 0.0982. The highest BCUT2D eigenvalue weighted by Gasteiger charge is 2.08. The number of ketones is 1. The smallest absolute Gasteiger partial charge is 0.194 e. The van der Waals surface area contributed by atoms with Gasteiger partial charge in [0.2, 0.25) is 0 Å². The van der Waals surface area contributed by atoms with Gasteiger partial charge in [-0.2, -0.15) is 5.10 Å². The van der Waals surface area contributed by atoms with E-state index in [1.54, 1.807) is 24.0 Å². The lowest BCUT2D eigenvalue weighted by Crippen LogP contribution is -2.25. The van der Waals surface area contributed by atoms with Crippen molar-refractivity contribution in [3.63, 3.8) is 0 Å². The molecule has 0 aliphatic rings. The molecule has 1 heterocycles. The van der Waals surface area contributed by atoms with Gasteiger partial charge < -0.3 is 5.32 Å². The fourth-order valence-corrected chi connectivity index (χ4v) is 1.12. The Kier molecular flexibility index (Phi) is 3.64. The second kappa shape index (κ2) is 4.77. The van der Waals surface area contributed by atoms with Crippen LogP contribution in [0.5, 0.6) is 0 Å². The Hall–Kier alpha value is -1.16. The lowest BCUT2D eigenvalue weighted by atomic mass is 10.3. The maximum absolute atomic E-state index is 11.5. The van der Waals surface area contributed by atoms with Crippen LogP contribution in [0.15, 0.2) is 12.3 Å². The van der Waals surface area contributed by atoms with Crippen molar-refractivity contribution in [2.75, 3.05) is 13.1 Å². The Labute approximate surface area is 77.9 Å². The molecule has 1 aromatic rings. The summed E-state index contributed by atoms with van der Waals surface area (Å²) in [4.78, 5) is 11.5. The zero-order valence-electron chi connectivity index (χ0n) is 8.08. The molecule has 1 aromatic heterocycles. The molecule has 13 heavy (non-hydrogen) atoms. The predicted octanol–water partition coefficient (Wildman–Crippen LogP) is 0.602. The molecule has 0 unspecified atom stereocenters. The van der Waals surface area contributed by atoms with Crippen molar-refractivity contribution in [2.45, 2.75) is 13.3 Å². The molecule has 4 nitrogen and oxygen atoms in total. The molecule has 1 rings (SSSR count). The summed E-state index contributed by atoms with van der Waals surface area (Å²) in [6.45, 7) is 3.35. The van der Waals surface area contributed by atoms with Crippen molar-refractivity contribution >= 4 is 5.78 Å². The van der Waals surface area contributed by atoms with Crippen molar-refractivity contribution < 1.29 is 4.79 Å². The van der Waals surface area contributed by atoms with Gasteiger partial charge >= 0.3 is 0 Å². The zero-order chi connectivity index (χ0) is 9.68. The third-order valence-electron chi connectivity index (χ3n) is 1.82. The number of hydrogen-bond donors (Lipinski definition) is 1. The summed E-state index contributed by atoms with van der Waals surface area (Å²) in [6.07, 6.45) is 2.67. The van der Waals surface area contributed by atoms with Crippen LogP contribution < -0.4 is 5.32 Å². The fourth-order valence-electron chi connectivity index (χ4n) is 1.12. The average Bonchev–Trinajstić information content (AvgIpc) is 2.52. The minimum atomic E-state index is 0.0912. The van der Waals surface area contributed by atoms with Crippen LogP contribution >= 0.6 is 0 Å². The maximum atomic E-state index is 11.5. The second-order valence-corrected chi connectivity index (χ2v) is 2.94. The number of rotatable bonds is 5. The summed E-state index contributed by atoms with van der Waals surface area (Å²) in [6, 6.07) is 1.73. The summed E-state index contributed by atoms with van der Waals surface area (Å²) in [5.74, 6) is 0.0912. The van der Waals surface area contributed by atoms with Gasteiger partial charge in [0.15, 0.2) is 5.78 Å². The molecule has 0 spiro atoms. The Bertz CT molecular complexity index is 280. The van der Waals surface area contributed by atoms with Crippen LogP contribution in [0.25, 0.3) is 0 Å². The van der Waals surface area contributed by atoms with Gasteiger partial charge in [-0.15, -0.1) is 0 Å². The van der Waals surface area contributed by atoms with Crippen LogP contribution in [0.4, 0.5) is 0 Å². The van der Waals surface area contributed by atoms with Crippen molar-refractivity contribution in [1.29, 1.82) is 0 Å². The minimum Gasteiger partial charge on any atom is -0.310 e. The van der Waals surface area contributed by atoms with E-state index < -0.39 is 0 Å². The molecule has 0 bridgehead atoms. The Balaban J connectivity index is 2.45. The third-order valence-corrected chi connectivity index (χ3v) is 1.82. The largest absolute Gasteiger partial charge is 0.310 e. The Morgan fingerprint density at radius 1 is 1.69 bits per heavy atom. The van der Waals surface area contributed by atoms with Crippen molar-refractivity contribution in [2.24, 2.45) is 7.05 Å². The predicted molar refractivity (Wildman–Crippen MR) is 50.7 cm³/mol. The molecule has 0 aliphatic carbocycles. The van der Waals surface area contributed by atoms with Gasteiger partial charge in [-0.05, 0) is 19.0 Å². The monoisotopic (exact) mass is 181 g/mol. The summed E-state index contributed by atoms with van der Waals surface area (Å²) in [7, 11) is 1.77. The van der Waals surface area contributed by atoms with Crippen LogP contribution in [-0.4, -0.2) is 28.7 Å². The first-order valence-electron chi connectivity index (χ1n) is 4.47. The van der Waals surface area contributed by atoms with E-state index >= 15 is 0 Å². The van der Waals surface area contributed by atoms with Crippen LogP contribution in [0.2, 0.25) is 0 Å². The van der Waals surface area contributed by atoms with E-state index in [0.717, 1.165) is 13.0 Å². The van der Waals surface area contributed by atoms with Gasteiger partial charge in [-0.1, -0.05) is 6.92 Å². The van der Waals surface area contributed by atoms with Gasteiger partial charge in [-0.25, -0.2) is 0 Å². The summed E-state index contributed by atoms with van der Waals surface area (Å²) in [5, 5.41) is 6.99. The van der Waals surface area contributed by atoms with Crippen LogP contribution in [0.3, 0.4) is 0 Å². The second-order valence-electron chi connectivity index (χ2n) is 2.94. The normalized spacial score (nSPS) is 10.3. The molecule has 72 valence electrons. The van der Waals surface area contributed by atoms with E-state index in [4.69, 9.17) is 0 Å². The van der Waals surface area contributed by atoms with E-state index in [1.165, 1.54) is 0 Å². The first kappa shape index (κ1) is 9.92. The number of nitrogens with one attached hydrogen (secondary N) is 1. The molecule has 4 heteroatoms. The van der Waals surface area contributed by atoms with E-state index in [9.17, 15) is 4.79 Å². The van der Waals surface area contributed by atoms with Gasteiger partial charge in [-0.3, -0.25) is 9.48 Å². The standard InChI is InChI=1S/C9H15N3O/c1-3-5-10-7-9(13)8-4-6-11-12(8)2/h4,6,10H,3,5,7H2,1-2H3. The van der Waals surface area contributed by atoms with E-state index in [1.807, 2.05) is 0 Å². The number of nitrogens with zero attached hydrogens (tertiary/aromatic N) is 2. The van der Waals surface area contributed by atoms with Gasteiger partial charge in [0.05, 0.1) is 6.54 Å². The fraction of sp³-hybridized carbons (Fsp3) is 0.556. The number of carbonyl (C=O) groups is 1. The van der Waals surface area contributed by atoms with Crippen molar-refractivity contribution in [3.05, 3.63) is 18.0 Å². The molecule has 0 aliphatic heterocycles. The van der Waals surface area contributed by atoms with E-state index in [0.29, 0.717) is 12.2 Å². The molecular weight excluding hydrogens is 166 g/mol. The first-order valence-corrected chi connectivity index (χ1v) is 4.47. The molecule has 0 amide bonds. The minimum absolute atomic E-state index is 0.0912. The lowest BCUT2D eigenvalue weighted by Gasteiger charge is -2.02. The summed E-state index contributed by atoms with van der Waals surface area (Å²) >= 11 is 0. The molecule has 0 fully saturated rings. The number of hydrogen-bond acceptors (Lipinski definition) is 3. The average molecular weight is 181 g/mol. The quantitative estimate of drug-likeness (QED) is 0.534. The SMILES string of the molecule is CCCNCC(=O)c1ccnn1C. The van der Waals surface area contributed by atoms with E-state index in [2.05, 4.69) is 17.3 Å². The molecular formula is C9H15N3O. The highest BCUT2D eigenvalue weighted by Crippen LogP contribution is 1.96. The van der Waals surface area contributed by atoms with Crippen LogP contribution in [0.1, 0.15) is 23.8 Å². The van der Waals surface area contributed by atoms with Gasteiger partial charge in [0, 0.05) is 13.2 Å². The molecule has 0 radical (unpaired) electrons. The van der Waals surface area contributed by atoms with Crippen molar-refractivity contribution in [1.82, 2.24) is 15.1 Å². The first-order chi connectivity index (χ1) is 6.25. The molecule has 0 atom stereocenters. The van der Waals surface area contributed by atoms with Gasteiger partial charge in [0.1, 0.15) is 5.69 Å². The highest BCUT2D eigenvalue weighted by molar-refractivity contribution is 5.95. The number of aromatic nitrogens is 2. The maximum Gasteiger partial charge on any atom is 0.194 e. The Morgan fingerprint density at radius 2 is 2.46 bits per heavy atom. The number of Topliss-reactive ketones (excluding diaryl/α,β-unsaturated/α-hetero) is 1. The van der Waals surface area contributed by atoms with E-state index in [-0.39, 0.29) is 5.78 Å². The Morgan fingerprint density at radius 3 is 3.00 bits per heavy atom. The van der Waals surface area contributed by atoms with Crippen molar-refractivity contribution in [3.8, 4) is 0 Å². The number of carbonyl (C=O) groups excluding carboxylic acids is 1.